The molecule has 2 N–H and O–H groups in total. The van der Waals surface area contributed by atoms with Gasteiger partial charge in [-0.15, -0.1) is 12.3 Å². The minimum absolute atomic E-state index is 0.00970. The quantitative estimate of drug-likeness (QED) is 0.213. The lowest BCUT2D eigenvalue weighted by molar-refractivity contribution is -0.169. The highest BCUT2D eigenvalue weighted by Gasteiger charge is 2.46. The smallest absolute Gasteiger partial charge is 0.329 e. The average molecular weight is 822 g/mol. The summed E-state index contributed by atoms with van der Waals surface area (Å²) in [4.78, 5) is 104. The summed E-state index contributed by atoms with van der Waals surface area (Å²) in [6.45, 7) is 15.7. The summed E-state index contributed by atoms with van der Waals surface area (Å²) in [6.07, 6.45) is 5.51. The van der Waals surface area contributed by atoms with Crippen LogP contribution in [0.25, 0.3) is 0 Å². The molecule has 0 radical (unpaired) electrons. The molecular formula is C45H67N5O9. The molecule has 0 unspecified atom stereocenters. The summed E-state index contributed by atoms with van der Waals surface area (Å²) < 4.78 is 12.2. The molecule has 326 valence electrons. The molecule has 1 aromatic rings. The van der Waals surface area contributed by atoms with Gasteiger partial charge in [-0.2, -0.15) is 0 Å². The molecule has 0 aromatic heterocycles. The summed E-state index contributed by atoms with van der Waals surface area (Å²) in [5.41, 5.74) is -0.681. The minimum Gasteiger partial charge on any atom is -0.460 e. The Balaban J connectivity index is 2.20. The number of esters is 2. The van der Waals surface area contributed by atoms with Gasteiger partial charge in [0.1, 0.15) is 36.3 Å². The lowest BCUT2D eigenvalue weighted by atomic mass is 9.81. The molecule has 59 heavy (non-hydrogen) atoms. The molecule has 5 amide bonds. The molecule has 2 aliphatic rings. The first-order valence-electron chi connectivity index (χ1n) is 21.0. The molecule has 2 aliphatic heterocycles. The molecule has 3 rings (SSSR count). The standard InChI is InChI=1S/C45H67N5O9/c1-13-15-17-24-34-45(9,10)44(57)47-36(29(7)14-2)41(54)49(12)37(28(5)6)43(56)58-33(26-31-21-18-16-19-22-31)40(53)50-25-20-23-32(50)39(52)48(11)30(8)38(51)46-35(27(3)4)42(55)59-34/h1,16,18-19,21-22,27-30,32-37H,14-15,17,20,23-26H2,2-12H3,(H,46,51)(H,47,57)/t29-,30-,32-,33-,34-,35-,36-,37-/m0/s1. The van der Waals surface area contributed by atoms with Crippen LogP contribution in [0.2, 0.25) is 0 Å². The molecule has 0 aliphatic carbocycles. The van der Waals surface area contributed by atoms with Gasteiger partial charge >= 0.3 is 11.9 Å². The number of carbonyl (C=O) groups excluding carboxylic acids is 7. The number of nitrogens with zero attached hydrogens (tertiary/aromatic N) is 3. The Labute approximate surface area is 350 Å². The van der Waals surface area contributed by atoms with Crippen molar-refractivity contribution >= 4 is 41.5 Å². The third-order valence-electron chi connectivity index (χ3n) is 12.0. The SMILES string of the molecule is C#CCCC[C@@H]1OC(=O)[C@H](C(C)C)NC(=O)[C@H](C)N(C)C(=O)[C@@H]2CCCN2C(=O)[C@H](Cc2ccccc2)OC(=O)[C@H](C(C)C)N(C)C(=O)[C@H]([C@@H](C)CC)NC(=O)C1(C)C. The maximum Gasteiger partial charge on any atom is 0.329 e. The highest BCUT2D eigenvalue weighted by Crippen LogP contribution is 2.31. The fourth-order valence-corrected chi connectivity index (χ4v) is 7.62. The Morgan fingerprint density at radius 3 is 2.07 bits per heavy atom. The van der Waals surface area contributed by atoms with Crippen LogP contribution >= 0.6 is 0 Å². The lowest BCUT2D eigenvalue weighted by Crippen LogP contribution is -2.60. The van der Waals surface area contributed by atoms with Crippen LogP contribution in [0.5, 0.6) is 0 Å². The van der Waals surface area contributed by atoms with E-state index in [-0.39, 0.29) is 25.3 Å². The van der Waals surface area contributed by atoms with Crippen molar-refractivity contribution in [3.8, 4) is 12.3 Å². The fraction of sp³-hybridized carbons (Fsp3) is 0.667. The summed E-state index contributed by atoms with van der Waals surface area (Å²) in [6, 6.07) is 3.65. The van der Waals surface area contributed by atoms with Gasteiger partial charge in [-0.1, -0.05) is 78.3 Å². The van der Waals surface area contributed by atoms with E-state index in [0.29, 0.717) is 37.7 Å². The van der Waals surface area contributed by atoms with Gasteiger partial charge in [-0.25, -0.2) is 9.59 Å². The summed E-state index contributed by atoms with van der Waals surface area (Å²) in [7, 11) is 2.94. The van der Waals surface area contributed by atoms with Crippen LogP contribution in [-0.2, 0) is 49.5 Å². The van der Waals surface area contributed by atoms with Crippen molar-refractivity contribution in [2.45, 2.75) is 150 Å². The first-order valence-corrected chi connectivity index (χ1v) is 21.0. The second-order valence-corrected chi connectivity index (χ2v) is 17.4. The van der Waals surface area contributed by atoms with E-state index in [2.05, 4.69) is 16.6 Å². The van der Waals surface area contributed by atoms with Crippen LogP contribution in [0.3, 0.4) is 0 Å². The zero-order valence-electron chi connectivity index (χ0n) is 36.9. The number of hydrogen-bond donors (Lipinski definition) is 2. The van der Waals surface area contributed by atoms with Gasteiger partial charge in [-0.05, 0) is 69.8 Å². The molecule has 0 saturated carbocycles. The van der Waals surface area contributed by atoms with Crippen LogP contribution < -0.4 is 10.6 Å². The number of fused-ring (bicyclic) bond motifs is 1. The topological polar surface area (TPSA) is 172 Å². The molecule has 2 heterocycles. The summed E-state index contributed by atoms with van der Waals surface area (Å²) in [5.74, 6) is -3.12. The molecule has 1 aromatic carbocycles. The molecule has 14 nitrogen and oxygen atoms in total. The van der Waals surface area contributed by atoms with Crippen molar-refractivity contribution in [3.05, 3.63) is 35.9 Å². The van der Waals surface area contributed by atoms with Crippen LogP contribution in [0, 0.1) is 35.5 Å². The largest absolute Gasteiger partial charge is 0.460 e. The first-order chi connectivity index (χ1) is 27.7. The number of likely N-dealkylation sites (N-methyl/N-ethyl adjacent to an activating group) is 2. The number of cyclic esters (lactones) is 2. The van der Waals surface area contributed by atoms with Gasteiger partial charge in [0.2, 0.25) is 23.6 Å². The van der Waals surface area contributed by atoms with E-state index >= 15 is 0 Å². The molecule has 0 spiro atoms. The van der Waals surface area contributed by atoms with E-state index in [1.807, 2.05) is 19.9 Å². The molecule has 0 bridgehead atoms. The van der Waals surface area contributed by atoms with Crippen LogP contribution in [0.4, 0.5) is 0 Å². The second kappa shape index (κ2) is 21.4. The van der Waals surface area contributed by atoms with Gasteiger partial charge in [0, 0.05) is 33.5 Å². The Morgan fingerprint density at radius 1 is 0.847 bits per heavy atom. The third kappa shape index (κ3) is 11.9. The van der Waals surface area contributed by atoms with Gasteiger partial charge in [-0.3, -0.25) is 24.0 Å². The number of rotatable bonds is 9. The molecule has 14 heteroatoms. The number of unbranched alkanes of at least 4 members (excludes halogenated alkanes) is 1. The highest BCUT2D eigenvalue weighted by atomic mass is 16.6. The van der Waals surface area contributed by atoms with E-state index in [4.69, 9.17) is 15.9 Å². The molecule has 8 atom stereocenters. The summed E-state index contributed by atoms with van der Waals surface area (Å²) >= 11 is 0. The molecule has 2 saturated heterocycles. The number of amides is 5. The van der Waals surface area contributed by atoms with Crippen LogP contribution in [-0.4, -0.2) is 119 Å². The minimum atomic E-state index is -1.40. The zero-order chi connectivity index (χ0) is 44.4. The normalized spacial score (nSPS) is 27.6. The van der Waals surface area contributed by atoms with Crippen molar-refractivity contribution in [1.29, 1.82) is 0 Å². The van der Waals surface area contributed by atoms with Crippen molar-refractivity contribution in [2.75, 3.05) is 20.6 Å². The number of nitrogens with one attached hydrogen (secondary N) is 2. The maximum absolute atomic E-state index is 14.5. The average Bonchev–Trinajstić information content (AvgIpc) is 3.69. The van der Waals surface area contributed by atoms with Crippen LogP contribution in [0.15, 0.2) is 30.3 Å². The number of carbonyl (C=O) groups is 7. The number of hydrogen-bond acceptors (Lipinski definition) is 9. The fourth-order valence-electron chi connectivity index (χ4n) is 7.62. The van der Waals surface area contributed by atoms with Crippen molar-refractivity contribution in [3.63, 3.8) is 0 Å². The van der Waals surface area contributed by atoms with Gasteiger partial charge in [0.05, 0.1) is 5.41 Å². The predicted molar refractivity (Wildman–Crippen MR) is 223 cm³/mol. The zero-order valence-corrected chi connectivity index (χ0v) is 36.9. The Morgan fingerprint density at radius 2 is 1.49 bits per heavy atom. The van der Waals surface area contributed by atoms with E-state index in [0.717, 1.165) is 0 Å². The van der Waals surface area contributed by atoms with E-state index in [1.165, 1.54) is 35.7 Å². The second-order valence-electron chi connectivity index (χ2n) is 17.4. The van der Waals surface area contributed by atoms with Crippen LogP contribution in [0.1, 0.15) is 106 Å². The maximum atomic E-state index is 14.5. The van der Waals surface area contributed by atoms with Crippen molar-refractivity contribution in [1.82, 2.24) is 25.3 Å². The number of ether oxygens (including phenoxy) is 2. The number of terminal acetylenes is 1. The molecular weight excluding hydrogens is 755 g/mol. The van der Waals surface area contributed by atoms with Crippen molar-refractivity contribution in [2.24, 2.45) is 23.2 Å². The Bertz CT molecular complexity index is 1710. The Hall–Kier alpha value is -4.93. The first kappa shape index (κ1) is 48.4. The summed E-state index contributed by atoms with van der Waals surface area (Å²) in [5, 5.41) is 5.70. The number of benzene rings is 1. The van der Waals surface area contributed by atoms with E-state index < -0.39 is 101 Å². The highest BCUT2D eigenvalue weighted by molar-refractivity contribution is 5.96. The van der Waals surface area contributed by atoms with Gasteiger partial charge in [0.25, 0.3) is 5.91 Å². The lowest BCUT2D eigenvalue weighted by Gasteiger charge is -2.38. The monoisotopic (exact) mass is 821 g/mol. The third-order valence-corrected chi connectivity index (χ3v) is 12.0. The van der Waals surface area contributed by atoms with Gasteiger partial charge in [0.15, 0.2) is 6.10 Å². The predicted octanol–water partition coefficient (Wildman–Crippen LogP) is 3.89. The molecule has 2 fully saturated rings. The van der Waals surface area contributed by atoms with E-state index in [9.17, 15) is 33.6 Å². The van der Waals surface area contributed by atoms with Crippen molar-refractivity contribution < 1.29 is 43.0 Å². The van der Waals surface area contributed by atoms with E-state index in [1.54, 1.807) is 65.8 Å². The van der Waals surface area contributed by atoms with Gasteiger partial charge < -0.3 is 34.8 Å². The Kier molecular flexibility index (Phi) is 17.5.